The molecule has 0 saturated carbocycles. The molecule has 7 heteroatoms. The first-order valence-electron chi connectivity index (χ1n) is 6.04. The van der Waals surface area contributed by atoms with Gasteiger partial charge in [-0.3, -0.25) is 0 Å². The van der Waals surface area contributed by atoms with E-state index in [1.54, 1.807) is 13.0 Å². The van der Waals surface area contributed by atoms with Crippen molar-refractivity contribution < 1.29 is 21.6 Å². The monoisotopic (exact) mass is 372 g/mol. The van der Waals surface area contributed by atoms with Crippen LogP contribution in [0.5, 0.6) is 0 Å². The summed E-state index contributed by atoms with van der Waals surface area (Å²) >= 11 is 3.35. The number of halogens is 4. The SMILES string of the molecule is CC(C)C(c1ccccc1S(=O)(=O)C(F)(F)F)C(C)Br. The molecule has 1 aromatic carbocycles. The van der Waals surface area contributed by atoms with E-state index in [4.69, 9.17) is 0 Å². The minimum atomic E-state index is -5.34. The highest BCUT2D eigenvalue weighted by molar-refractivity contribution is 9.09. The largest absolute Gasteiger partial charge is 0.501 e. The van der Waals surface area contributed by atoms with E-state index in [9.17, 15) is 21.6 Å². The van der Waals surface area contributed by atoms with E-state index < -0.39 is 20.2 Å². The second kappa shape index (κ2) is 6.05. The van der Waals surface area contributed by atoms with Crippen molar-refractivity contribution in [3.05, 3.63) is 29.8 Å². The van der Waals surface area contributed by atoms with Gasteiger partial charge in [-0.1, -0.05) is 54.9 Å². The van der Waals surface area contributed by atoms with Crippen molar-refractivity contribution in [3.8, 4) is 0 Å². The van der Waals surface area contributed by atoms with Gasteiger partial charge in [0.1, 0.15) is 0 Å². The molecule has 0 spiro atoms. The third-order valence-corrected chi connectivity index (χ3v) is 5.22. The predicted octanol–water partition coefficient (Wildman–Crippen LogP) is 4.50. The van der Waals surface area contributed by atoms with Crippen molar-refractivity contribution in [2.75, 3.05) is 0 Å². The molecule has 0 bridgehead atoms. The van der Waals surface area contributed by atoms with Gasteiger partial charge in [0.05, 0.1) is 4.90 Å². The van der Waals surface area contributed by atoms with E-state index in [1.807, 2.05) is 13.8 Å². The number of benzene rings is 1. The molecule has 0 fully saturated rings. The van der Waals surface area contributed by atoms with E-state index in [0.717, 1.165) is 6.07 Å². The Hall–Kier alpha value is -0.560. The molecule has 0 aliphatic heterocycles. The van der Waals surface area contributed by atoms with Gasteiger partial charge in [0.2, 0.25) is 0 Å². The van der Waals surface area contributed by atoms with Crippen LogP contribution < -0.4 is 0 Å². The third-order valence-electron chi connectivity index (χ3n) is 3.09. The maximum atomic E-state index is 12.8. The second-order valence-electron chi connectivity index (χ2n) is 4.93. The van der Waals surface area contributed by atoms with Crippen molar-refractivity contribution in [2.24, 2.45) is 5.92 Å². The third kappa shape index (κ3) is 3.36. The molecular weight excluding hydrogens is 357 g/mol. The summed E-state index contributed by atoms with van der Waals surface area (Å²) in [6, 6.07) is 5.32. The van der Waals surface area contributed by atoms with Gasteiger partial charge in [-0.2, -0.15) is 13.2 Å². The summed E-state index contributed by atoms with van der Waals surface area (Å²) in [5.74, 6) is -0.336. The van der Waals surface area contributed by atoms with E-state index in [0.29, 0.717) is 0 Å². The van der Waals surface area contributed by atoms with Gasteiger partial charge in [-0.15, -0.1) is 0 Å². The Morgan fingerprint density at radius 1 is 1.10 bits per heavy atom. The second-order valence-corrected chi connectivity index (χ2v) is 8.29. The molecule has 0 aliphatic carbocycles. The molecule has 0 amide bonds. The lowest BCUT2D eigenvalue weighted by atomic mass is 9.86. The predicted molar refractivity (Wildman–Crippen MR) is 75.7 cm³/mol. The Kier molecular flexibility index (Phi) is 5.29. The van der Waals surface area contributed by atoms with Crippen molar-refractivity contribution in [3.63, 3.8) is 0 Å². The lowest BCUT2D eigenvalue weighted by molar-refractivity contribution is -0.0436. The zero-order valence-corrected chi connectivity index (χ0v) is 13.7. The highest BCUT2D eigenvalue weighted by atomic mass is 79.9. The summed E-state index contributed by atoms with van der Waals surface area (Å²) in [7, 11) is -5.34. The number of alkyl halides is 4. The Morgan fingerprint density at radius 2 is 1.60 bits per heavy atom. The van der Waals surface area contributed by atoms with Gasteiger partial charge in [-0.25, -0.2) is 8.42 Å². The van der Waals surface area contributed by atoms with Crippen LogP contribution in [0.25, 0.3) is 0 Å². The van der Waals surface area contributed by atoms with Crippen molar-refractivity contribution in [1.82, 2.24) is 0 Å². The fraction of sp³-hybridized carbons (Fsp3) is 0.538. The number of hydrogen-bond acceptors (Lipinski definition) is 2. The van der Waals surface area contributed by atoms with Gasteiger partial charge >= 0.3 is 5.51 Å². The van der Waals surface area contributed by atoms with Gasteiger partial charge in [-0.05, 0) is 23.5 Å². The van der Waals surface area contributed by atoms with Crippen LogP contribution >= 0.6 is 15.9 Å². The summed E-state index contributed by atoms with van der Waals surface area (Å²) < 4.78 is 61.7. The molecular formula is C13H16BrF3O2S. The molecule has 2 unspecified atom stereocenters. The first-order valence-corrected chi connectivity index (χ1v) is 8.44. The Bertz CT molecular complexity index is 557. The molecule has 0 N–H and O–H groups in total. The molecule has 1 rings (SSSR count). The van der Waals surface area contributed by atoms with E-state index in [-0.39, 0.29) is 22.2 Å². The van der Waals surface area contributed by atoms with Crippen LogP contribution in [0, 0.1) is 5.92 Å². The molecule has 0 aliphatic rings. The zero-order valence-electron chi connectivity index (χ0n) is 11.3. The van der Waals surface area contributed by atoms with E-state index in [2.05, 4.69) is 15.9 Å². The molecule has 1 aromatic rings. The van der Waals surface area contributed by atoms with E-state index >= 15 is 0 Å². The van der Waals surface area contributed by atoms with Crippen molar-refractivity contribution >= 4 is 25.8 Å². The minimum Gasteiger partial charge on any atom is -0.214 e. The Labute approximate surface area is 125 Å². The first-order chi connectivity index (χ1) is 9.00. The number of sulfone groups is 1. The van der Waals surface area contributed by atoms with Crippen LogP contribution in [-0.4, -0.2) is 18.8 Å². The molecule has 0 saturated heterocycles. The zero-order chi connectivity index (χ0) is 15.7. The Morgan fingerprint density at radius 3 is 2.00 bits per heavy atom. The van der Waals surface area contributed by atoms with Gasteiger partial charge in [0.15, 0.2) is 0 Å². The average molecular weight is 373 g/mol. The lowest BCUT2D eigenvalue weighted by Gasteiger charge is -2.26. The molecule has 114 valence electrons. The average Bonchev–Trinajstić information content (AvgIpc) is 2.26. The summed E-state index contributed by atoms with van der Waals surface area (Å²) in [5, 5.41) is 0. The van der Waals surface area contributed by atoms with Crippen LogP contribution in [0.3, 0.4) is 0 Å². The fourth-order valence-corrected chi connectivity index (χ4v) is 4.18. The molecule has 0 heterocycles. The number of rotatable bonds is 4. The topological polar surface area (TPSA) is 34.1 Å². The van der Waals surface area contributed by atoms with Crippen LogP contribution in [0.2, 0.25) is 0 Å². The molecule has 0 aromatic heterocycles. The van der Waals surface area contributed by atoms with Crippen LogP contribution in [-0.2, 0) is 9.84 Å². The van der Waals surface area contributed by atoms with E-state index in [1.165, 1.54) is 12.1 Å². The van der Waals surface area contributed by atoms with Gasteiger partial charge in [0.25, 0.3) is 9.84 Å². The summed E-state index contributed by atoms with van der Waals surface area (Å²) in [6.45, 7) is 5.49. The summed E-state index contributed by atoms with van der Waals surface area (Å²) in [6.07, 6.45) is 0. The van der Waals surface area contributed by atoms with Crippen molar-refractivity contribution in [1.29, 1.82) is 0 Å². The van der Waals surface area contributed by atoms with Crippen LogP contribution in [0.1, 0.15) is 32.3 Å². The molecule has 0 radical (unpaired) electrons. The van der Waals surface area contributed by atoms with Crippen molar-refractivity contribution in [2.45, 2.75) is 41.9 Å². The smallest absolute Gasteiger partial charge is 0.214 e. The fourth-order valence-electron chi connectivity index (χ4n) is 2.26. The normalized spacial score (nSPS) is 16.2. The van der Waals surface area contributed by atoms with Crippen LogP contribution in [0.4, 0.5) is 13.2 Å². The lowest BCUT2D eigenvalue weighted by Crippen LogP contribution is -2.26. The first kappa shape index (κ1) is 17.5. The molecule has 2 nitrogen and oxygen atoms in total. The van der Waals surface area contributed by atoms with Gasteiger partial charge in [0, 0.05) is 4.83 Å². The Balaban J connectivity index is 3.54. The minimum absolute atomic E-state index is 0.00559. The standard InChI is InChI=1S/C13H16BrF3O2S/c1-8(2)12(9(3)14)10-6-4-5-7-11(10)20(18,19)13(15,16)17/h4-9,12H,1-3H3. The highest BCUT2D eigenvalue weighted by Crippen LogP contribution is 2.39. The van der Waals surface area contributed by atoms with Crippen LogP contribution in [0.15, 0.2) is 29.2 Å². The summed E-state index contributed by atoms with van der Waals surface area (Å²) in [4.78, 5) is -0.801. The van der Waals surface area contributed by atoms with Gasteiger partial charge < -0.3 is 0 Å². The quantitative estimate of drug-likeness (QED) is 0.729. The highest BCUT2D eigenvalue weighted by Gasteiger charge is 2.48. The maximum Gasteiger partial charge on any atom is 0.501 e. The number of hydrogen-bond donors (Lipinski definition) is 0. The molecule has 2 atom stereocenters. The summed E-state index contributed by atoms with van der Waals surface area (Å²) in [5.41, 5.74) is -5.09. The molecule has 20 heavy (non-hydrogen) atoms. The maximum absolute atomic E-state index is 12.8.